The largest absolute Gasteiger partial charge is 0.465 e. The van der Waals surface area contributed by atoms with Gasteiger partial charge in [-0.15, -0.1) is 0 Å². The smallest absolute Gasteiger partial charge is 0.327 e. The third kappa shape index (κ3) is 3.53. The minimum atomic E-state index is -0.252. The second-order valence-electron chi connectivity index (χ2n) is 5.56. The standard InChI is InChI=1S/C16H24N2O3/c1-6-20-15(19)9-18-13(5)16(12(4)17-18)14-7-10(2)21-11(3)8-14/h7,10-11H,6,8-9H2,1-5H3. The summed E-state index contributed by atoms with van der Waals surface area (Å²) in [6.07, 6.45) is 3.33. The van der Waals surface area contributed by atoms with Crippen LogP contribution >= 0.6 is 0 Å². The van der Waals surface area contributed by atoms with Gasteiger partial charge >= 0.3 is 5.97 Å². The molecule has 1 aliphatic heterocycles. The van der Waals surface area contributed by atoms with Crippen LogP contribution < -0.4 is 0 Å². The molecule has 21 heavy (non-hydrogen) atoms. The number of aryl methyl sites for hydroxylation is 1. The Morgan fingerprint density at radius 1 is 1.48 bits per heavy atom. The van der Waals surface area contributed by atoms with Crippen molar-refractivity contribution in [1.29, 1.82) is 0 Å². The second kappa shape index (κ2) is 6.43. The zero-order valence-corrected chi connectivity index (χ0v) is 13.5. The molecule has 5 nitrogen and oxygen atoms in total. The van der Waals surface area contributed by atoms with E-state index in [1.165, 1.54) is 5.57 Å². The van der Waals surface area contributed by atoms with Crippen LogP contribution in [0.5, 0.6) is 0 Å². The summed E-state index contributed by atoms with van der Waals surface area (Å²) in [6.45, 7) is 10.5. The topological polar surface area (TPSA) is 53.4 Å². The number of aromatic nitrogens is 2. The fourth-order valence-corrected chi connectivity index (χ4v) is 2.94. The Labute approximate surface area is 125 Å². The number of rotatable bonds is 4. The van der Waals surface area contributed by atoms with E-state index < -0.39 is 0 Å². The number of ether oxygens (including phenoxy) is 2. The molecule has 2 heterocycles. The molecule has 0 saturated carbocycles. The van der Waals surface area contributed by atoms with Gasteiger partial charge < -0.3 is 9.47 Å². The van der Waals surface area contributed by atoms with Crippen LogP contribution in [-0.2, 0) is 20.8 Å². The van der Waals surface area contributed by atoms with Crippen molar-refractivity contribution in [3.63, 3.8) is 0 Å². The first-order valence-electron chi connectivity index (χ1n) is 7.48. The first kappa shape index (κ1) is 15.8. The minimum Gasteiger partial charge on any atom is -0.465 e. The normalized spacial score (nSPS) is 22.0. The van der Waals surface area contributed by atoms with Crippen molar-refractivity contribution in [2.75, 3.05) is 6.61 Å². The van der Waals surface area contributed by atoms with Gasteiger partial charge in [-0.05, 0) is 46.6 Å². The van der Waals surface area contributed by atoms with E-state index in [-0.39, 0.29) is 24.7 Å². The van der Waals surface area contributed by atoms with Crippen molar-refractivity contribution in [3.05, 3.63) is 23.0 Å². The lowest BCUT2D eigenvalue weighted by atomic mass is 9.95. The fraction of sp³-hybridized carbons (Fsp3) is 0.625. The first-order valence-corrected chi connectivity index (χ1v) is 7.48. The molecule has 0 spiro atoms. The van der Waals surface area contributed by atoms with Gasteiger partial charge in [0.25, 0.3) is 0 Å². The first-order chi connectivity index (χ1) is 9.92. The predicted molar refractivity (Wildman–Crippen MR) is 80.9 cm³/mol. The average Bonchev–Trinajstić information content (AvgIpc) is 2.63. The van der Waals surface area contributed by atoms with Crippen molar-refractivity contribution in [1.82, 2.24) is 9.78 Å². The van der Waals surface area contributed by atoms with Crippen LogP contribution in [0.1, 0.15) is 44.1 Å². The molecule has 1 aromatic heterocycles. The molecule has 0 amide bonds. The van der Waals surface area contributed by atoms with Crippen molar-refractivity contribution >= 4 is 11.5 Å². The monoisotopic (exact) mass is 292 g/mol. The Morgan fingerprint density at radius 2 is 2.19 bits per heavy atom. The van der Waals surface area contributed by atoms with Crippen LogP contribution in [0.4, 0.5) is 0 Å². The molecule has 1 aliphatic rings. The molecular formula is C16H24N2O3. The molecule has 0 aromatic carbocycles. The van der Waals surface area contributed by atoms with Gasteiger partial charge in [0, 0.05) is 11.3 Å². The third-order valence-corrected chi connectivity index (χ3v) is 3.68. The summed E-state index contributed by atoms with van der Waals surface area (Å²) in [7, 11) is 0. The molecule has 2 unspecified atom stereocenters. The zero-order chi connectivity index (χ0) is 15.6. The molecule has 0 saturated heterocycles. The summed E-state index contributed by atoms with van der Waals surface area (Å²) in [5.41, 5.74) is 4.35. The molecule has 0 fully saturated rings. The SMILES string of the molecule is CCOC(=O)Cn1nc(C)c(C2=CC(C)OC(C)C2)c1C. The van der Waals surface area contributed by atoms with Gasteiger partial charge in [0.15, 0.2) is 0 Å². The maximum atomic E-state index is 11.6. The molecule has 5 heteroatoms. The van der Waals surface area contributed by atoms with Gasteiger partial charge in [-0.2, -0.15) is 5.10 Å². The maximum absolute atomic E-state index is 11.6. The van der Waals surface area contributed by atoms with E-state index in [0.29, 0.717) is 6.61 Å². The number of nitrogens with zero attached hydrogens (tertiary/aromatic N) is 2. The van der Waals surface area contributed by atoms with E-state index >= 15 is 0 Å². The summed E-state index contributed by atoms with van der Waals surface area (Å²) < 4.78 is 12.5. The number of hydrogen-bond acceptors (Lipinski definition) is 4. The van der Waals surface area contributed by atoms with Gasteiger partial charge in [0.2, 0.25) is 0 Å². The summed E-state index contributed by atoms with van der Waals surface area (Å²) in [6, 6.07) is 0. The number of carbonyl (C=O) groups is 1. The molecule has 2 rings (SSSR count). The van der Waals surface area contributed by atoms with Crippen LogP contribution in [0, 0.1) is 13.8 Å². The molecule has 0 aliphatic carbocycles. The van der Waals surface area contributed by atoms with Crippen LogP contribution in [0.25, 0.3) is 5.57 Å². The van der Waals surface area contributed by atoms with E-state index in [0.717, 1.165) is 23.4 Å². The summed E-state index contributed by atoms with van der Waals surface area (Å²) >= 11 is 0. The van der Waals surface area contributed by atoms with E-state index in [9.17, 15) is 4.79 Å². The molecule has 0 N–H and O–H groups in total. The van der Waals surface area contributed by atoms with Crippen molar-refractivity contribution in [2.24, 2.45) is 0 Å². The summed E-state index contributed by atoms with van der Waals surface area (Å²) in [4.78, 5) is 11.6. The highest BCUT2D eigenvalue weighted by Crippen LogP contribution is 2.31. The highest BCUT2D eigenvalue weighted by molar-refractivity contribution is 5.72. The lowest BCUT2D eigenvalue weighted by Gasteiger charge is -2.25. The third-order valence-electron chi connectivity index (χ3n) is 3.68. The lowest BCUT2D eigenvalue weighted by molar-refractivity contribution is -0.144. The Hall–Kier alpha value is -1.62. The minimum absolute atomic E-state index is 0.107. The number of hydrogen-bond donors (Lipinski definition) is 0. The summed E-state index contributed by atoms with van der Waals surface area (Å²) in [5, 5.41) is 4.49. The van der Waals surface area contributed by atoms with Gasteiger partial charge in [-0.3, -0.25) is 9.48 Å². The van der Waals surface area contributed by atoms with Gasteiger partial charge in [-0.25, -0.2) is 0 Å². The average molecular weight is 292 g/mol. The second-order valence-corrected chi connectivity index (χ2v) is 5.56. The Balaban J connectivity index is 2.29. The Kier molecular flexibility index (Phi) is 4.83. The van der Waals surface area contributed by atoms with Crippen LogP contribution in [0.15, 0.2) is 6.08 Å². The van der Waals surface area contributed by atoms with E-state index in [1.807, 2.05) is 20.8 Å². The molecule has 0 radical (unpaired) electrons. The fourth-order valence-electron chi connectivity index (χ4n) is 2.94. The van der Waals surface area contributed by atoms with Crippen LogP contribution in [-0.4, -0.2) is 34.6 Å². The number of esters is 1. The lowest BCUT2D eigenvalue weighted by Crippen LogP contribution is -2.21. The molecule has 0 bridgehead atoms. The molecule has 116 valence electrons. The highest BCUT2D eigenvalue weighted by Gasteiger charge is 2.23. The molecule has 1 aromatic rings. The van der Waals surface area contributed by atoms with Crippen LogP contribution in [0.2, 0.25) is 0 Å². The number of carbonyl (C=O) groups excluding carboxylic acids is 1. The van der Waals surface area contributed by atoms with Gasteiger partial charge in [0.05, 0.1) is 24.5 Å². The molecular weight excluding hydrogens is 268 g/mol. The Morgan fingerprint density at radius 3 is 2.81 bits per heavy atom. The van der Waals surface area contributed by atoms with Crippen LogP contribution in [0.3, 0.4) is 0 Å². The van der Waals surface area contributed by atoms with Crippen molar-refractivity contribution in [3.8, 4) is 0 Å². The van der Waals surface area contributed by atoms with Gasteiger partial charge in [-0.1, -0.05) is 6.08 Å². The quantitative estimate of drug-likeness (QED) is 0.801. The van der Waals surface area contributed by atoms with E-state index in [4.69, 9.17) is 9.47 Å². The maximum Gasteiger partial charge on any atom is 0.327 e. The van der Waals surface area contributed by atoms with E-state index in [2.05, 4.69) is 18.1 Å². The Bertz CT molecular complexity index is 560. The van der Waals surface area contributed by atoms with E-state index in [1.54, 1.807) is 11.6 Å². The van der Waals surface area contributed by atoms with Crippen molar-refractivity contribution in [2.45, 2.75) is 59.8 Å². The predicted octanol–water partition coefficient (Wildman–Crippen LogP) is 2.64. The summed E-state index contributed by atoms with van der Waals surface area (Å²) in [5.74, 6) is -0.252. The highest BCUT2D eigenvalue weighted by atomic mass is 16.5. The zero-order valence-electron chi connectivity index (χ0n) is 13.5. The van der Waals surface area contributed by atoms with Gasteiger partial charge in [0.1, 0.15) is 6.54 Å². The molecule has 2 atom stereocenters. The van der Waals surface area contributed by atoms with Crippen molar-refractivity contribution < 1.29 is 14.3 Å².